The Morgan fingerprint density at radius 2 is 2.00 bits per heavy atom. The van der Waals surface area contributed by atoms with Crippen molar-refractivity contribution in [2.75, 3.05) is 25.5 Å². The van der Waals surface area contributed by atoms with E-state index in [1.165, 1.54) is 0 Å². The van der Waals surface area contributed by atoms with Crippen molar-refractivity contribution in [2.45, 2.75) is 45.3 Å². The van der Waals surface area contributed by atoms with Crippen molar-refractivity contribution in [3.05, 3.63) is 47.2 Å². The van der Waals surface area contributed by atoms with Gasteiger partial charge in [0.1, 0.15) is 6.10 Å². The summed E-state index contributed by atoms with van der Waals surface area (Å²) in [4.78, 5) is 11.6. The van der Waals surface area contributed by atoms with Crippen LogP contribution in [-0.2, 0) is 6.54 Å². The smallest absolute Gasteiger partial charge is 0.322 e. The molecule has 4 rings (SSSR count). The first-order chi connectivity index (χ1) is 14.5. The minimum atomic E-state index is 0.112. The number of anilines is 1. The molecule has 0 bridgehead atoms. The summed E-state index contributed by atoms with van der Waals surface area (Å²) in [7, 11) is 2.13. The van der Waals surface area contributed by atoms with Gasteiger partial charge in [-0.2, -0.15) is 24.8 Å². The second-order valence-electron chi connectivity index (χ2n) is 8.06. The number of ether oxygens (including phenoxy) is 1. The molecule has 3 heterocycles. The molecule has 1 saturated heterocycles. The molecule has 3 aromatic rings. The zero-order valence-electron chi connectivity index (χ0n) is 17.7. The Morgan fingerprint density at radius 3 is 2.73 bits per heavy atom. The van der Waals surface area contributed by atoms with E-state index in [9.17, 15) is 5.26 Å². The number of hydrogen-bond acceptors (Lipinski definition) is 7. The van der Waals surface area contributed by atoms with Crippen LogP contribution in [0.1, 0.15) is 49.3 Å². The van der Waals surface area contributed by atoms with E-state index in [4.69, 9.17) is 4.74 Å². The van der Waals surface area contributed by atoms with Gasteiger partial charge in [-0.1, -0.05) is 32.0 Å². The van der Waals surface area contributed by atoms with Gasteiger partial charge in [0.05, 0.1) is 17.8 Å². The van der Waals surface area contributed by atoms with Crippen LogP contribution in [0, 0.1) is 11.3 Å². The van der Waals surface area contributed by atoms with Crippen LogP contribution in [0.4, 0.5) is 5.95 Å². The predicted octanol–water partition coefficient (Wildman–Crippen LogP) is 3.20. The van der Waals surface area contributed by atoms with Crippen LogP contribution in [0.25, 0.3) is 5.65 Å². The molecule has 0 spiro atoms. The van der Waals surface area contributed by atoms with E-state index in [1.807, 2.05) is 30.5 Å². The molecule has 1 aliphatic rings. The van der Waals surface area contributed by atoms with Crippen molar-refractivity contribution >= 4 is 11.6 Å². The summed E-state index contributed by atoms with van der Waals surface area (Å²) < 4.78 is 7.89. The molecule has 0 atom stereocenters. The molecule has 1 fully saturated rings. The van der Waals surface area contributed by atoms with Crippen molar-refractivity contribution in [1.29, 1.82) is 5.26 Å². The van der Waals surface area contributed by atoms with E-state index in [2.05, 4.69) is 52.2 Å². The monoisotopic (exact) mass is 405 g/mol. The van der Waals surface area contributed by atoms with E-state index in [1.54, 1.807) is 4.52 Å². The van der Waals surface area contributed by atoms with Crippen LogP contribution < -0.4 is 10.1 Å². The van der Waals surface area contributed by atoms with Crippen molar-refractivity contribution < 1.29 is 4.74 Å². The van der Waals surface area contributed by atoms with Gasteiger partial charge in [-0.15, -0.1) is 0 Å². The van der Waals surface area contributed by atoms with Crippen LogP contribution in [0.15, 0.2) is 30.5 Å². The Hall–Kier alpha value is -3.18. The highest BCUT2D eigenvalue weighted by Gasteiger charge is 2.21. The number of nitrogens with zero attached hydrogens (tertiary/aromatic N) is 6. The molecular formula is C22H27N7O. The van der Waals surface area contributed by atoms with Gasteiger partial charge < -0.3 is 15.0 Å². The molecule has 1 aliphatic heterocycles. The Kier molecular flexibility index (Phi) is 5.81. The molecule has 1 N–H and O–H groups in total. The van der Waals surface area contributed by atoms with Crippen molar-refractivity contribution in [2.24, 2.45) is 0 Å². The van der Waals surface area contributed by atoms with Gasteiger partial charge in [-0.05, 0) is 37.4 Å². The largest absolute Gasteiger partial charge is 0.460 e. The number of fused-ring (bicyclic) bond motifs is 1. The number of nitrogens with one attached hydrogen (secondary N) is 1. The summed E-state index contributed by atoms with van der Waals surface area (Å²) in [6.07, 6.45) is 3.86. The van der Waals surface area contributed by atoms with Crippen molar-refractivity contribution in [1.82, 2.24) is 24.5 Å². The third-order valence-electron chi connectivity index (χ3n) is 5.51. The fourth-order valence-corrected chi connectivity index (χ4v) is 3.66. The highest BCUT2D eigenvalue weighted by molar-refractivity contribution is 5.53. The normalized spacial score (nSPS) is 15.4. The number of rotatable bonds is 6. The first-order valence-electron chi connectivity index (χ1n) is 10.4. The number of benzene rings is 1. The summed E-state index contributed by atoms with van der Waals surface area (Å²) in [5.41, 5.74) is 3.34. The van der Waals surface area contributed by atoms with Gasteiger partial charge in [-0.3, -0.25) is 0 Å². The average molecular weight is 406 g/mol. The molecule has 0 saturated carbocycles. The van der Waals surface area contributed by atoms with E-state index >= 15 is 0 Å². The summed E-state index contributed by atoms with van der Waals surface area (Å²) in [6, 6.07) is 10.1. The van der Waals surface area contributed by atoms with E-state index in [-0.39, 0.29) is 12.0 Å². The Balaban J connectivity index is 1.64. The molecule has 0 aliphatic carbocycles. The number of nitriles is 1. The van der Waals surface area contributed by atoms with Crippen LogP contribution >= 0.6 is 0 Å². The standard InChI is InChI=1S/C22H27N7O/c1-15(2)19-14-25-29-20(19)26-22(30-18-8-10-28(3)11-9-18)27-21(29)24-13-17-7-5-4-6-16(17)12-23/h4-7,14-15,18H,8-11,13H2,1-3H3,(H,24,26,27). The van der Waals surface area contributed by atoms with Gasteiger partial charge in [0, 0.05) is 25.2 Å². The van der Waals surface area contributed by atoms with Gasteiger partial charge in [0.2, 0.25) is 5.95 Å². The number of aromatic nitrogens is 4. The molecule has 8 heteroatoms. The first-order valence-corrected chi connectivity index (χ1v) is 10.4. The summed E-state index contributed by atoms with van der Waals surface area (Å²) in [5, 5.41) is 17.2. The zero-order valence-corrected chi connectivity index (χ0v) is 17.7. The third kappa shape index (κ3) is 4.21. The van der Waals surface area contributed by atoms with Crippen LogP contribution in [0.2, 0.25) is 0 Å². The van der Waals surface area contributed by atoms with E-state index in [0.717, 1.165) is 42.7 Å². The van der Waals surface area contributed by atoms with Gasteiger partial charge in [-0.25, -0.2) is 0 Å². The molecule has 2 aromatic heterocycles. The molecule has 0 radical (unpaired) electrons. The fourth-order valence-electron chi connectivity index (χ4n) is 3.66. The van der Waals surface area contributed by atoms with Gasteiger partial charge >= 0.3 is 6.01 Å². The average Bonchev–Trinajstić information content (AvgIpc) is 3.18. The number of piperidine rings is 1. The lowest BCUT2D eigenvalue weighted by Gasteiger charge is -2.28. The lowest BCUT2D eigenvalue weighted by atomic mass is 10.1. The SMILES string of the molecule is CC(C)c1cnn2c(NCc3ccccc3C#N)nc(OC3CCN(C)CC3)nc12. The molecule has 1 aromatic carbocycles. The lowest BCUT2D eigenvalue weighted by molar-refractivity contribution is 0.105. The van der Waals surface area contributed by atoms with Crippen molar-refractivity contribution in [3.63, 3.8) is 0 Å². The number of hydrogen-bond donors (Lipinski definition) is 1. The summed E-state index contributed by atoms with van der Waals surface area (Å²) in [5.74, 6) is 0.836. The molecule has 156 valence electrons. The molecule has 0 amide bonds. The maximum absolute atomic E-state index is 9.35. The molecule has 30 heavy (non-hydrogen) atoms. The molecule has 8 nitrogen and oxygen atoms in total. The highest BCUT2D eigenvalue weighted by atomic mass is 16.5. The highest BCUT2D eigenvalue weighted by Crippen LogP contribution is 2.24. The Morgan fingerprint density at radius 1 is 1.23 bits per heavy atom. The van der Waals surface area contributed by atoms with E-state index < -0.39 is 0 Å². The second kappa shape index (κ2) is 8.67. The first kappa shape index (κ1) is 20.1. The fraction of sp³-hybridized carbons (Fsp3) is 0.455. The predicted molar refractivity (Wildman–Crippen MR) is 115 cm³/mol. The number of likely N-dealkylation sites (tertiary alicyclic amines) is 1. The van der Waals surface area contributed by atoms with Crippen LogP contribution in [-0.4, -0.2) is 50.7 Å². The van der Waals surface area contributed by atoms with Crippen LogP contribution in [0.3, 0.4) is 0 Å². The van der Waals surface area contributed by atoms with Gasteiger partial charge in [0.15, 0.2) is 5.65 Å². The van der Waals surface area contributed by atoms with Crippen LogP contribution in [0.5, 0.6) is 6.01 Å². The molecular weight excluding hydrogens is 378 g/mol. The van der Waals surface area contributed by atoms with Gasteiger partial charge in [0.25, 0.3) is 0 Å². The lowest BCUT2D eigenvalue weighted by Crippen LogP contribution is -2.36. The maximum atomic E-state index is 9.35. The minimum Gasteiger partial charge on any atom is -0.460 e. The van der Waals surface area contributed by atoms with E-state index in [0.29, 0.717) is 24.1 Å². The summed E-state index contributed by atoms with van der Waals surface area (Å²) in [6.45, 7) is 6.71. The Bertz CT molecular complexity index is 1060. The minimum absolute atomic E-state index is 0.112. The maximum Gasteiger partial charge on any atom is 0.322 e. The topological polar surface area (TPSA) is 91.4 Å². The van der Waals surface area contributed by atoms with Crippen molar-refractivity contribution in [3.8, 4) is 12.1 Å². The molecule has 0 unspecified atom stereocenters. The third-order valence-corrected chi connectivity index (χ3v) is 5.51. The zero-order chi connectivity index (χ0) is 21.1. The quantitative estimate of drug-likeness (QED) is 0.673. The summed E-state index contributed by atoms with van der Waals surface area (Å²) >= 11 is 0. The Labute approximate surface area is 176 Å². The second-order valence-corrected chi connectivity index (χ2v) is 8.06.